The molecule has 5 fully saturated rings. The SMILES string of the molecule is CC(=O)O[C@H]1CC[C@]2(C)[C@H]3CC[C@@H]4[C@H]5[C@H](C(C)C)CC[C@]5(C(=O)F)CC[C@@]4(C)[C@]3(C)CC[C@H]2C1(C)C. The second kappa shape index (κ2) is 8.28. The molecule has 0 heterocycles. The van der Waals surface area contributed by atoms with E-state index in [1.54, 1.807) is 6.92 Å². The highest BCUT2D eigenvalue weighted by molar-refractivity contribution is 5.77. The van der Waals surface area contributed by atoms with Gasteiger partial charge in [-0.15, -0.1) is 0 Å². The Morgan fingerprint density at radius 1 is 0.806 bits per heavy atom. The number of rotatable bonds is 3. The van der Waals surface area contributed by atoms with Crippen molar-refractivity contribution in [2.75, 3.05) is 0 Å². The molecule has 0 aliphatic heterocycles. The number of fused-ring (bicyclic) bond motifs is 7. The third-order valence-electron chi connectivity index (χ3n) is 14.0. The fourth-order valence-corrected chi connectivity index (χ4v) is 12.1. The summed E-state index contributed by atoms with van der Waals surface area (Å²) in [6.45, 7) is 18.5. The summed E-state index contributed by atoms with van der Waals surface area (Å²) < 4.78 is 20.8. The molecule has 3 nitrogen and oxygen atoms in total. The van der Waals surface area contributed by atoms with Gasteiger partial charge in [0.2, 0.25) is 0 Å². The molecule has 0 spiro atoms. The molecule has 5 rings (SSSR count). The van der Waals surface area contributed by atoms with Gasteiger partial charge in [0.15, 0.2) is 0 Å². The number of hydrogen-bond acceptors (Lipinski definition) is 3. The predicted molar refractivity (Wildman–Crippen MR) is 141 cm³/mol. The largest absolute Gasteiger partial charge is 0.462 e. The van der Waals surface area contributed by atoms with Crippen molar-refractivity contribution in [1.82, 2.24) is 0 Å². The highest BCUT2D eigenvalue weighted by Crippen LogP contribution is 2.77. The van der Waals surface area contributed by atoms with Gasteiger partial charge in [0.1, 0.15) is 6.10 Å². The van der Waals surface area contributed by atoms with E-state index in [-0.39, 0.29) is 39.7 Å². The molecule has 0 unspecified atom stereocenters. The van der Waals surface area contributed by atoms with Crippen LogP contribution in [0.5, 0.6) is 0 Å². The highest BCUT2D eigenvalue weighted by Gasteiger charge is 2.72. The van der Waals surface area contributed by atoms with E-state index < -0.39 is 11.5 Å². The lowest BCUT2D eigenvalue weighted by atomic mass is 9.32. The Balaban J connectivity index is 1.52. The molecule has 5 saturated carbocycles. The van der Waals surface area contributed by atoms with E-state index in [4.69, 9.17) is 4.74 Å². The lowest BCUT2D eigenvalue weighted by molar-refractivity contribution is -0.250. The van der Waals surface area contributed by atoms with Crippen LogP contribution in [0.15, 0.2) is 0 Å². The zero-order chi connectivity index (χ0) is 26.5. The van der Waals surface area contributed by atoms with Crippen molar-refractivity contribution in [1.29, 1.82) is 0 Å². The second-order valence-electron chi connectivity index (χ2n) is 15.5. The van der Waals surface area contributed by atoms with Crippen LogP contribution in [0, 0.1) is 62.6 Å². The first-order valence-corrected chi connectivity index (χ1v) is 15.0. The van der Waals surface area contributed by atoms with Gasteiger partial charge in [0.25, 0.3) is 0 Å². The van der Waals surface area contributed by atoms with Crippen LogP contribution in [0.25, 0.3) is 0 Å². The first-order valence-electron chi connectivity index (χ1n) is 15.0. The minimum Gasteiger partial charge on any atom is -0.462 e. The summed E-state index contributed by atoms with van der Waals surface area (Å²) in [7, 11) is 0. The van der Waals surface area contributed by atoms with Crippen molar-refractivity contribution in [2.24, 2.45) is 62.6 Å². The number of esters is 1. The molecule has 36 heavy (non-hydrogen) atoms. The van der Waals surface area contributed by atoms with E-state index in [2.05, 4.69) is 48.5 Å². The van der Waals surface area contributed by atoms with E-state index >= 15 is 0 Å². The Labute approximate surface area is 219 Å². The molecule has 0 aromatic heterocycles. The van der Waals surface area contributed by atoms with Crippen LogP contribution in [0.3, 0.4) is 0 Å². The molecule has 5 aliphatic rings. The van der Waals surface area contributed by atoms with Gasteiger partial charge in [-0.2, -0.15) is 4.39 Å². The molecule has 0 bridgehead atoms. The van der Waals surface area contributed by atoms with E-state index in [1.807, 2.05) is 0 Å². The Morgan fingerprint density at radius 2 is 1.50 bits per heavy atom. The Morgan fingerprint density at radius 3 is 2.11 bits per heavy atom. The number of hydrogen-bond donors (Lipinski definition) is 0. The number of ether oxygens (including phenoxy) is 1. The molecular formula is C32H51FO3. The van der Waals surface area contributed by atoms with Gasteiger partial charge in [-0.3, -0.25) is 9.59 Å². The van der Waals surface area contributed by atoms with E-state index in [1.165, 1.54) is 19.3 Å². The topological polar surface area (TPSA) is 43.4 Å². The zero-order valence-corrected chi connectivity index (χ0v) is 24.2. The van der Waals surface area contributed by atoms with Crippen molar-refractivity contribution in [3.05, 3.63) is 0 Å². The van der Waals surface area contributed by atoms with Gasteiger partial charge in [0.05, 0.1) is 5.41 Å². The van der Waals surface area contributed by atoms with Crippen LogP contribution in [-0.2, 0) is 14.3 Å². The molecule has 0 N–H and O–H groups in total. The maximum Gasteiger partial charge on any atom is 0.307 e. The maximum absolute atomic E-state index is 14.9. The van der Waals surface area contributed by atoms with E-state index in [9.17, 15) is 14.0 Å². The molecule has 0 radical (unpaired) electrons. The summed E-state index contributed by atoms with van der Waals surface area (Å²) in [6, 6.07) is -1.01. The number of halogens is 1. The van der Waals surface area contributed by atoms with Crippen molar-refractivity contribution < 1.29 is 18.7 Å². The molecule has 4 heteroatoms. The number of carbonyl (C=O) groups is 2. The van der Waals surface area contributed by atoms with Crippen molar-refractivity contribution in [2.45, 2.75) is 126 Å². The Hall–Kier alpha value is -0.930. The molecule has 0 aromatic rings. The summed E-state index contributed by atoms with van der Waals surface area (Å²) >= 11 is 0. The highest BCUT2D eigenvalue weighted by atomic mass is 19.1. The average molecular weight is 503 g/mol. The molecule has 0 aromatic carbocycles. The van der Waals surface area contributed by atoms with Gasteiger partial charge in [-0.25, -0.2) is 0 Å². The molecular weight excluding hydrogens is 451 g/mol. The average Bonchev–Trinajstić information content (AvgIpc) is 3.17. The molecule has 10 atom stereocenters. The van der Waals surface area contributed by atoms with Gasteiger partial charge in [-0.1, -0.05) is 48.5 Å². The van der Waals surface area contributed by atoms with E-state index in [0.717, 1.165) is 44.9 Å². The Kier molecular flexibility index (Phi) is 6.14. The van der Waals surface area contributed by atoms with Crippen LogP contribution >= 0.6 is 0 Å². The van der Waals surface area contributed by atoms with Crippen LogP contribution < -0.4 is 0 Å². The second-order valence-corrected chi connectivity index (χ2v) is 15.5. The summed E-state index contributed by atoms with van der Waals surface area (Å²) in [5.74, 6) is 2.59. The van der Waals surface area contributed by atoms with Crippen LogP contribution in [0.2, 0.25) is 0 Å². The maximum atomic E-state index is 14.9. The van der Waals surface area contributed by atoms with Crippen LogP contribution in [0.4, 0.5) is 4.39 Å². The molecule has 0 saturated heterocycles. The van der Waals surface area contributed by atoms with Crippen molar-refractivity contribution >= 4 is 12.0 Å². The smallest absolute Gasteiger partial charge is 0.307 e. The predicted octanol–water partition coefficient (Wildman–Crippen LogP) is 8.15. The monoisotopic (exact) mass is 502 g/mol. The van der Waals surface area contributed by atoms with Gasteiger partial charge < -0.3 is 4.74 Å². The fourth-order valence-electron chi connectivity index (χ4n) is 12.1. The van der Waals surface area contributed by atoms with Gasteiger partial charge in [-0.05, 0) is 116 Å². The van der Waals surface area contributed by atoms with E-state index in [0.29, 0.717) is 29.6 Å². The van der Waals surface area contributed by atoms with Crippen LogP contribution in [0.1, 0.15) is 120 Å². The minimum absolute atomic E-state index is 0.000472. The molecule has 5 aliphatic carbocycles. The number of carbonyl (C=O) groups excluding carboxylic acids is 2. The minimum atomic E-state index is -1.01. The molecule has 0 amide bonds. The summed E-state index contributed by atoms with van der Waals surface area (Å²) in [6.07, 6.45) is 10.2. The normalized spacial score (nSPS) is 51.5. The standard InChI is InChI=1S/C32H51FO3/c1-19(2)21-11-16-32(27(33)35)18-17-30(7)22(26(21)32)9-10-24-29(6)14-13-25(36-20(3)34)28(4,5)23(29)12-15-31(24,30)8/h19,21-26H,9-18H2,1-8H3/t21-,22+,23-,24+,25-,26+,29-,30+,31+,32-/m0/s1. The third-order valence-corrected chi connectivity index (χ3v) is 14.0. The lowest BCUT2D eigenvalue weighted by Crippen LogP contribution is -2.67. The first-order chi connectivity index (χ1) is 16.6. The lowest BCUT2D eigenvalue weighted by Gasteiger charge is -2.72. The quantitative estimate of drug-likeness (QED) is 0.289. The van der Waals surface area contributed by atoms with Gasteiger partial charge in [0, 0.05) is 12.3 Å². The first kappa shape index (κ1) is 26.7. The molecule has 204 valence electrons. The third kappa shape index (κ3) is 3.26. The van der Waals surface area contributed by atoms with Gasteiger partial charge >= 0.3 is 12.0 Å². The van der Waals surface area contributed by atoms with Crippen molar-refractivity contribution in [3.8, 4) is 0 Å². The van der Waals surface area contributed by atoms with Crippen LogP contribution in [-0.4, -0.2) is 18.1 Å². The zero-order valence-electron chi connectivity index (χ0n) is 24.2. The Bertz CT molecular complexity index is 926. The summed E-state index contributed by atoms with van der Waals surface area (Å²) in [5, 5.41) is 0. The summed E-state index contributed by atoms with van der Waals surface area (Å²) in [4.78, 5) is 24.5. The summed E-state index contributed by atoms with van der Waals surface area (Å²) in [5.41, 5.74) is -0.191. The fraction of sp³-hybridized carbons (Fsp3) is 0.938. The van der Waals surface area contributed by atoms with Crippen molar-refractivity contribution in [3.63, 3.8) is 0 Å².